The van der Waals surface area contributed by atoms with Crippen LogP contribution in [0.5, 0.6) is 0 Å². The van der Waals surface area contributed by atoms with E-state index in [-0.39, 0.29) is 0 Å². The molecule has 0 aromatic carbocycles. The predicted octanol–water partition coefficient (Wildman–Crippen LogP) is 2.45. The zero-order valence-electron chi connectivity index (χ0n) is 9.37. The SMILES string of the molecule is CC(CCC1CCCO1)(C(=O)O)C1CC1. The third kappa shape index (κ3) is 2.33. The summed E-state index contributed by atoms with van der Waals surface area (Å²) < 4.78 is 5.54. The molecule has 0 bridgehead atoms. The molecule has 0 spiro atoms. The molecule has 1 aliphatic carbocycles. The fourth-order valence-corrected chi connectivity index (χ4v) is 2.54. The van der Waals surface area contributed by atoms with E-state index in [0.717, 1.165) is 45.1 Å². The smallest absolute Gasteiger partial charge is 0.309 e. The van der Waals surface area contributed by atoms with Gasteiger partial charge in [-0.2, -0.15) is 0 Å². The van der Waals surface area contributed by atoms with E-state index in [1.807, 2.05) is 6.92 Å². The molecule has 2 aliphatic rings. The lowest BCUT2D eigenvalue weighted by molar-refractivity contribution is -0.150. The normalized spacial score (nSPS) is 30.1. The van der Waals surface area contributed by atoms with Crippen LogP contribution in [0.4, 0.5) is 0 Å². The quantitative estimate of drug-likeness (QED) is 0.761. The van der Waals surface area contributed by atoms with E-state index in [4.69, 9.17) is 4.74 Å². The molecule has 1 N–H and O–H groups in total. The Balaban J connectivity index is 1.86. The second kappa shape index (κ2) is 4.12. The van der Waals surface area contributed by atoms with Gasteiger partial charge in [-0.05, 0) is 51.4 Å². The Bertz CT molecular complexity index is 241. The van der Waals surface area contributed by atoms with Crippen LogP contribution in [0.25, 0.3) is 0 Å². The third-order valence-corrected chi connectivity index (χ3v) is 3.98. The predicted molar refractivity (Wildman–Crippen MR) is 56.7 cm³/mol. The van der Waals surface area contributed by atoms with Gasteiger partial charge in [0.05, 0.1) is 11.5 Å². The molecule has 2 unspecified atom stereocenters. The highest BCUT2D eigenvalue weighted by Crippen LogP contribution is 2.48. The minimum Gasteiger partial charge on any atom is -0.481 e. The number of aliphatic carboxylic acids is 1. The number of carboxylic acids is 1. The number of hydrogen-bond donors (Lipinski definition) is 1. The summed E-state index contributed by atoms with van der Waals surface area (Å²) in [7, 11) is 0. The first-order valence-corrected chi connectivity index (χ1v) is 5.98. The summed E-state index contributed by atoms with van der Waals surface area (Å²) >= 11 is 0. The Morgan fingerprint density at radius 2 is 2.20 bits per heavy atom. The molecule has 2 rings (SSSR count). The summed E-state index contributed by atoms with van der Waals surface area (Å²) in [4.78, 5) is 11.3. The van der Waals surface area contributed by atoms with Gasteiger partial charge in [0.15, 0.2) is 0 Å². The molecule has 0 radical (unpaired) electrons. The van der Waals surface area contributed by atoms with E-state index < -0.39 is 11.4 Å². The number of carbonyl (C=O) groups is 1. The van der Waals surface area contributed by atoms with Crippen molar-refractivity contribution >= 4 is 5.97 Å². The van der Waals surface area contributed by atoms with Crippen molar-refractivity contribution in [3.63, 3.8) is 0 Å². The molecule has 3 nitrogen and oxygen atoms in total. The lowest BCUT2D eigenvalue weighted by atomic mass is 9.79. The first-order chi connectivity index (χ1) is 7.13. The molecule has 0 aromatic rings. The monoisotopic (exact) mass is 212 g/mol. The van der Waals surface area contributed by atoms with Crippen LogP contribution in [0.2, 0.25) is 0 Å². The van der Waals surface area contributed by atoms with Crippen LogP contribution in [0.3, 0.4) is 0 Å². The molecule has 2 atom stereocenters. The van der Waals surface area contributed by atoms with Crippen molar-refractivity contribution in [2.45, 2.75) is 51.6 Å². The van der Waals surface area contributed by atoms with Gasteiger partial charge in [-0.15, -0.1) is 0 Å². The zero-order chi connectivity index (χ0) is 10.9. The largest absolute Gasteiger partial charge is 0.481 e. The average molecular weight is 212 g/mol. The van der Waals surface area contributed by atoms with Crippen molar-refractivity contribution in [3.8, 4) is 0 Å². The maximum Gasteiger partial charge on any atom is 0.309 e. The summed E-state index contributed by atoms with van der Waals surface area (Å²) in [5, 5.41) is 9.28. The van der Waals surface area contributed by atoms with Crippen molar-refractivity contribution < 1.29 is 14.6 Å². The van der Waals surface area contributed by atoms with Crippen molar-refractivity contribution in [2.24, 2.45) is 11.3 Å². The summed E-state index contributed by atoms with van der Waals surface area (Å²) in [6.07, 6.45) is 6.44. The first kappa shape index (κ1) is 10.9. The van der Waals surface area contributed by atoms with Crippen molar-refractivity contribution in [1.82, 2.24) is 0 Å². The zero-order valence-corrected chi connectivity index (χ0v) is 9.37. The van der Waals surface area contributed by atoms with Crippen LogP contribution in [0.1, 0.15) is 45.4 Å². The summed E-state index contributed by atoms with van der Waals surface area (Å²) in [6, 6.07) is 0. The lowest BCUT2D eigenvalue weighted by Crippen LogP contribution is -2.31. The van der Waals surface area contributed by atoms with Crippen LogP contribution in [0.15, 0.2) is 0 Å². The van der Waals surface area contributed by atoms with Gasteiger partial charge < -0.3 is 9.84 Å². The minimum absolute atomic E-state index is 0.322. The van der Waals surface area contributed by atoms with Crippen LogP contribution < -0.4 is 0 Å². The van der Waals surface area contributed by atoms with Crippen molar-refractivity contribution in [3.05, 3.63) is 0 Å². The summed E-state index contributed by atoms with van der Waals surface area (Å²) in [5.41, 5.74) is -0.494. The molecule has 2 fully saturated rings. The highest BCUT2D eigenvalue weighted by atomic mass is 16.5. The molecular weight excluding hydrogens is 192 g/mol. The fourth-order valence-electron chi connectivity index (χ4n) is 2.54. The van der Waals surface area contributed by atoms with Crippen LogP contribution in [-0.4, -0.2) is 23.8 Å². The van der Waals surface area contributed by atoms with Crippen LogP contribution >= 0.6 is 0 Å². The second-order valence-electron chi connectivity index (χ2n) is 5.17. The Hall–Kier alpha value is -0.570. The molecule has 86 valence electrons. The van der Waals surface area contributed by atoms with Crippen LogP contribution in [0, 0.1) is 11.3 Å². The van der Waals surface area contributed by atoms with E-state index in [2.05, 4.69) is 0 Å². The molecule has 1 heterocycles. The fraction of sp³-hybridized carbons (Fsp3) is 0.917. The third-order valence-electron chi connectivity index (χ3n) is 3.98. The molecule has 1 aliphatic heterocycles. The molecule has 1 saturated heterocycles. The summed E-state index contributed by atoms with van der Waals surface area (Å²) in [6.45, 7) is 2.76. The van der Waals surface area contributed by atoms with Crippen molar-refractivity contribution in [2.75, 3.05) is 6.61 Å². The standard InChI is InChI=1S/C12H20O3/c1-12(11(13)14,9-4-5-9)7-6-10-3-2-8-15-10/h9-10H,2-8H2,1H3,(H,13,14). The highest BCUT2D eigenvalue weighted by Gasteiger charge is 2.47. The van der Waals surface area contributed by atoms with Gasteiger partial charge >= 0.3 is 5.97 Å². The second-order valence-corrected chi connectivity index (χ2v) is 5.17. The molecular formula is C12H20O3. The van der Waals surface area contributed by atoms with Crippen LogP contribution in [-0.2, 0) is 9.53 Å². The lowest BCUT2D eigenvalue weighted by Gasteiger charge is -2.25. The maximum atomic E-state index is 11.3. The number of ether oxygens (including phenoxy) is 1. The number of hydrogen-bond acceptors (Lipinski definition) is 2. The maximum absolute atomic E-state index is 11.3. The first-order valence-electron chi connectivity index (χ1n) is 5.98. The highest BCUT2D eigenvalue weighted by molar-refractivity contribution is 5.75. The topological polar surface area (TPSA) is 46.5 Å². The molecule has 3 heteroatoms. The molecule has 15 heavy (non-hydrogen) atoms. The van der Waals surface area contributed by atoms with Gasteiger partial charge in [-0.25, -0.2) is 0 Å². The van der Waals surface area contributed by atoms with E-state index in [9.17, 15) is 9.90 Å². The molecule has 1 saturated carbocycles. The van der Waals surface area contributed by atoms with E-state index >= 15 is 0 Å². The van der Waals surface area contributed by atoms with Gasteiger partial charge in [0.1, 0.15) is 0 Å². The van der Waals surface area contributed by atoms with Crippen molar-refractivity contribution in [1.29, 1.82) is 0 Å². The Labute approximate surface area is 90.8 Å². The Morgan fingerprint density at radius 3 is 2.67 bits per heavy atom. The number of rotatable bonds is 5. The van der Waals surface area contributed by atoms with E-state index in [0.29, 0.717) is 12.0 Å². The Kier molecular flexibility index (Phi) is 3.01. The van der Waals surface area contributed by atoms with Gasteiger partial charge in [0.25, 0.3) is 0 Å². The average Bonchev–Trinajstić information content (AvgIpc) is 2.93. The van der Waals surface area contributed by atoms with E-state index in [1.165, 1.54) is 0 Å². The Morgan fingerprint density at radius 1 is 1.47 bits per heavy atom. The van der Waals surface area contributed by atoms with Gasteiger partial charge in [-0.1, -0.05) is 0 Å². The van der Waals surface area contributed by atoms with Gasteiger partial charge in [-0.3, -0.25) is 4.79 Å². The molecule has 0 aromatic heterocycles. The minimum atomic E-state index is -0.622. The summed E-state index contributed by atoms with van der Waals surface area (Å²) in [5.74, 6) is -0.209. The molecule has 0 amide bonds. The number of carboxylic acid groups (broad SMARTS) is 1. The van der Waals surface area contributed by atoms with Gasteiger partial charge in [0.2, 0.25) is 0 Å². The van der Waals surface area contributed by atoms with Gasteiger partial charge in [0, 0.05) is 6.61 Å². The van der Waals surface area contributed by atoms with E-state index in [1.54, 1.807) is 0 Å².